The average Bonchev–Trinajstić information content (AvgIpc) is 2.54. The van der Waals surface area contributed by atoms with E-state index in [4.69, 9.17) is 4.74 Å². The normalized spacial score (nSPS) is 11.2. The monoisotopic (exact) mass is 391 g/mol. The van der Waals surface area contributed by atoms with Crippen molar-refractivity contribution in [1.82, 2.24) is 0 Å². The van der Waals surface area contributed by atoms with Crippen LogP contribution in [-0.4, -0.2) is 44.7 Å². The number of likely N-dealkylation sites (N-methyl/N-ethyl adjacent to an activating group) is 1. The van der Waals surface area contributed by atoms with Gasteiger partial charge in [0.05, 0.1) is 21.1 Å². The number of quaternary nitrogens is 1. The molecular formula is C22H46ClNO2. The maximum atomic E-state index is 11.6. The van der Waals surface area contributed by atoms with Gasteiger partial charge in [0.1, 0.15) is 13.2 Å². The Kier molecular flexibility index (Phi) is 20.9. The number of rotatable bonds is 18. The van der Waals surface area contributed by atoms with Crippen LogP contribution in [0.4, 0.5) is 0 Å². The summed E-state index contributed by atoms with van der Waals surface area (Å²) in [6.07, 6.45) is 19.4. The van der Waals surface area contributed by atoms with Crippen LogP contribution in [0.15, 0.2) is 0 Å². The molecule has 3 nitrogen and oxygen atoms in total. The summed E-state index contributed by atoms with van der Waals surface area (Å²) < 4.78 is 6.12. The fourth-order valence-corrected chi connectivity index (χ4v) is 2.97. The van der Waals surface area contributed by atoms with Gasteiger partial charge in [-0.1, -0.05) is 90.4 Å². The van der Waals surface area contributed by atoms with Gasteiger partial charge in [0.2, 0.25) is 0 Å². The lowest BCUT2D eigenvalue weighted by Crippen LogP contribution is -3.00. The number of unbranched alkanes of at least 4 members (excludes halogenated alkanes) is 13. The highest BCUT2D eigenvalue weighted by molar-refractivity contribution is 5.69. The highest BCUT2D eigenvalue weighted by Gasteiger charge is 2.09. The first-order valence-corrected chi connectivity index (χ1v) is 10.9. The minimum absolute atomic E-state index is 0. The number of ether oxygens (including phenoxy) is 1. The molecular weight excluding hydrogens is 346 g/mol. The van der Waals surface area contributed by atoms with Crippen LogP contribution in [0.2, 0.25) is 0 Å². The highest BCUT2D eigenvalue weighted by atomic mass is 35.5. The predicted molar refractivity (Wildman–Crippen MR) is 109 cm³/mol. The number of hydrogen-bond acceptors (Lipinski definition) is 2. The van der Waals surface area contributed by atoms with Crippen molar-refractivity contribution in [2.75, 3.05) is 34.3 Å². The molecule has 0 saturated carbocycles. The summed E-state index contributed by atoms with van der Waals surface area (Å²) in [5.41, 5.74) is 0. The van der Waals surface area contributed by atoms with E-state index in [1.54, 1.807) is 0 Å². The van der Waals surface area contributed by atoms with E-state index >= 15 is 0 Å². The van der Waals surface area contributed by atoms with Crippen LogP contribution in [0, 0.1) is 0 Å². The topological polar surface area (TPSA) is 26.3 Å². The number of halogens is 1. The quantitative estimate of drug-likeness (QED) is 0.204. The molecule has 26 heavy (non-hydrogen) atoms. The van der Waals surface area contributed by atoms with Gasteiger partial charge in [0.25, 0.3) is 0 Å². The maximum Gasteiger partial charge on any atom is 0.305 e. The molecule has 0 atom stereocenters. The Bertz CT molecular complexity index is 303. The van der Waals surface area contributed by atoms with Gasteiger partial charge in [-0.2, -0.15) is 0 Å². The van der Waals surface area contributed by atoms with Gasteiger partial charge in [0.15, 0.2) is 0 Å². The molecule has 0 rings (SSSR count). The van der Waals surface area contributed by atoms with E-state index in [-0.39, 0.29) is 18.4 Å². The summed E-state index contributed by atoms with van der Waals surface area (Å²) in [6.45, 7) is 3.70. The van der Waals surface area contributed by atoms with Gasteiger partial charge >= 0.3 is 5.97 Å². The molecule has 0 aromatic rings. The van der Waals surface area contributed by atoms with Crippen molar-refractivity contribution in [3.8, 4) is 0 Å². The summed E-state index contributed by atoms with van der Waals surface area (Å²) in [5, 5.41) is 0. The molecule has 0 radical (unpaired) electrons. The molecule has 0 aromatic carbocycles. The van der Waals surface area contributed by atoms with E-state index in [1.165, 1.54) is 83.5 Å². The molecule has 0 heterocycles. The van der Waals surface area contributed by atoms with Gasteiger partial charge in [-0.3, -0.25) is 4.79 Å². The number of nitrogens with zero attached hydrogens (tertiary/aromatic N) is 1. The minimum atomic E-state index is -0.0209. The number of hydrogen-bond donors (Lipinski definition) is 0. The third kappa shape index (κ3) is 23.7. The van der Waals surface area contributed by atoms with Crippen molar-refractivity contribution in [3.63, 3.8) is 0 Å². The van der Waals surface area contributed by atoms with Gasteiger partial charge < -0.3 is 21.6 Å². The predicted octanol–water partition coefficient (Wildman–Crippen LogP) is 3.11. The summed E-state index contributed by atoms with van der Waals surface area (Å²) in [7, 11) is 6.34. The molecule has 0 aliphatic rings. The molecule has 4 heteroatoms. The van der Waals surface area contributed by atoms with Gasteiger partial charge in [-0.05, 0) is 6.42 Å². The molecule has 0 aromatic heterocycles. The Morgan fingerprint density at radius 3 is 1.46 bits per heavy atom. The van der Waals surface area contributed by atoms with Crippen LogP contribution >= 0.6 is 0 Å². The van der Waals surface area contributed by atoms with E-state index in [2.05, 4.69) is 28.1 Å². The summed E-state index contributed by atoms with van der Waals surface area (Å²) in [4.78, 5) is 11.6. The van der Waals surface area contributed by atoms with E-state index in [0.717, 1.165) is 17.4 Å². The zero-order chi connectivity index (χ0) is 18.8. The zero-order valence-corrected chi connectivity index (χ0v) is 18.9. The molecule has 0 bridgehead atoms. The standard InChI is InChI=1S/C22H46NO2.ClH/c1-5-6-7-8-9-10-11-12-13-14-15-16-17-18-19-22(24)25-21-20-23(2,3)4;/h5-21H2,1-4H3;1H/q+1;/p-1. The number of carbonyl (C=O) groups excluding carboxylic acids is 1. The van der Waals surface area contributed by atoms with E-state index in [1.807, 2.05) is 0 Å². The molecule has 0 aliphatic heterocycles. The van der Waals surface area contributed by atoms with Crippen molar-refractivity contribution in [2.45, 2.75) is 103 Å². The molecule has 0 fully saturated rings. The minimum Gasteiger partial charge on any atom is -1.00 e. The van der Waals surface area contributed by atoms with Crippen molar-refractivity contribution in [2.24, 2.45) is 0 Å². The van der Waals surface area contributed by atoms with Crippen molar-refractivity contribution < 1.29 is 26.4 Å². The molecule has 0 spiro atoms. The first kappa shape index (κ1) is 27.9. The molecule has 0 N–H and O–H groups in total. The first-order valence-electron chi connectivity index (χ1n) is 10.9. The second-order valence-electron chi connectivity index (χ2n) is 8.58. The molecule has 158 valence electrons. The largest absolute Gasteiger partial charge is 1.00 e. The molecule has 0 amide bonds. The van der Waals surface area contributed by atoms with E-state index < -0.39 is 0 Å². The highest BCUT2D eigenvalue weighted by Crippen LogP contribution is 2.13. The van der Waals surface area contributed by atoms with Crippen LogP contribution in [0.25, 0.3) is 0 Å². The fraction of sp³-hybridized carbons (Fsp3) is 0.955. The summed E-state index contributed by atoms with van der Waals surface area (Å²) >= 11 is 0. The zero-order valence-electron chi connectivity index (χ0n) is 18.2. The van der Waals surface area contributed by atoms with Gasteiger partial charge in [-0.15, -0.1) is 0 Å². The van der Waals surface area contributed by atoms with Gasteiger partial charge in [-0.25, -0.2) is 0 Å². The first-order chi connectivity index (χ1) is 12.0. The third-order valence-electron chi connectivity index (χ3n) is 4.76. The summed E-state index contributed by atoms with van der Waals surface area (Å²) in [5.74, 6) is -0.0209. The Balaban J connectivity index is 0. The lowest BCUT2D eigenvalue weighted by Gasteiger charge is -2.23. The Hall–Kier alpha value is -0.280. The van der Waals surface area contributed by atoms with Crippen LogP contribution < -0.4 is 12.4 Å². The number of esters is 1. The maximum absolute atomic E-state index is 11.6. The third-order valence-corrected chi connectivity index (χ3v) is 4.76. The van der Waals surface area contributed by atoms with Crippen LogP contribution in [0.5, 0.6) is 0 Å². The molecule has 0 unspecified atom stereocenters. The van der Waals surface area contributed by atoms with Crippen molar-refractivity contribution in [1.29, 1.82) is 0 Å². The average molecular weight is 392 g/mol. The van der Waals surface area contributed by atoms with Crippen molar-refractivity contribution >= 4 is 5.97 Å². The lowest BCUT2D eigenvalue weighted by atomic mass is 10.0. The van der Waals surface area contributed by atoms with Crippen LogP contribution in [0.1, 0.15) is 103 Å². The second-order valence-corrected chi connectivity index (χ2v) is 8.58. The Morgan fingerprint density at radius 2 is 1.08 bits per heavy atom. The lowest BCUT2D eigenvalue weighted by molar-refractivity contribution is -0.870. The SMILES string of the molecule is CCCCCCCCCCCCCCCCC(=O)OCC[N+](C)(C)C.[Cl-]. The molecule has 0 saturated heterocycles. The second kappa shape index (κ2) is 19.5. The smallest absolute Gasteiger partial charge is 0.305 e. The Morgan fingerprint density at radius 1 is 0.692 bits per heavy atom. The van der Waals surface area contributed by atoms with E-state index in [0.29, 0.717) is 13.0 Å². The summed E-state index contributed by atoms with van der Waals surface area (Å²) in [6, 6.07) is 0. The fourth-order valence-electron chi connectivity index (χ4n) is 2.97. The Labute approximate surface area is 170 Å². The van der Waals surface area contributed by atoms with Gasteiger partial charge in [0, 0.05) is 6.42 Å². The van der Waals surface area contributed by atoms with Crippen LogP contribution in [-0.2, 0) is 9.53 Å². The van der Waals surface area contributed by atoms with E-state index in [9.17, 15) is 4.79 Å². The van der Waals surface area contributed by atoms with Crippen LogP contribution in [0.3, 0.4) is 0 Å². The molecule has 0 aliphatic carbocycles. The van der Waals surface area contributed by atoms with Crippen molar-refractivity contribution in [3.05, 3.63) is 0 Å². The number of carbonyl (C=O) groups is 1.